The Morgan fingerprint density at radius 3 is 2.74 bits per heavy atom. The Balaban J connectivity index is 2.03. The second-order valence-corrected chi connectivity index (χ2v) is 4.69. The van der Waals surface area contributed by atoms with E-state index in [2.05, 4.69) is 16.8 Å². The van der Waals surface area contributed by atoms with Gasteiger partial charge in [-0.2, -0.15) is 0 Å². The Morgan fingerprint density at radius 2 is 2.11 bits per heavy atom. The van der Waals surface area contributed by atoms with Crippen LogP contribution in [0.25, 0.3) is 0 Å². The molecule has 2 heterocycles. The molecule has 19 heavy (non-hydrogen) atoms. The minimum atomic E-state index is -0.719. The summed E-state index contributed by atoms with van der Waals surface area (Å²) in [5, 5.41) is 0. The quantitative estimate of drug-likeness (QED) is 0.885. The minimum absolute atomic E-state index is 0.0106. The molecule has 1 aromatic heterocycles. The Hall–Kier alpha value is -1.69. The molecule has 1 saturated heterocycles. The van der Waals surface area contributed by atoms with E-state index in [9.17, 15) is 9.18 Å². The van der Waals surface area contributed by atoms with Crippen molar-refractivity contribution in [1.82, 2.24) is 14.8 Å². The fourth-order valence-corrected chi connectivity index (χ4v) is 2.29. The maximum Gasteiger partial charge on any atom is 0.257 e. The van der Waals surface area contributed by atoms with E-state index in [1.807, 2.05) is 0 Å². The van der Waals surface area contributed by atoms with Crippen LogP contribution >= 0.6 is 0 Å². The number of anilines is 1. The number of aromatic nitrogens is 1. The molecule has 104 valence electrons. The van der Waals surface area contributed by atoms with Gasteiger partial charge in [0.15, 0.2) is 11.6 Å². The summed E-state index contributed by atoms with van der Waals surface area (Å²) in [7, 11) is 0. The number of nitrogens with zero attached hydrogens (tertiary/aromatic N) is 3. The normalized spacial score (nSPS) is 16.6. The molecule has 1 aromatic rings. The first-order chi connectivity index (χ1) is 9.13. The standard InChI is InChI=1S/C13H19FN4O/c1-2-5-17-6-8-18(9-7-17)13(19)10-3-4-16-12(15)11(10)14/h3-4H,2,5-9H2,1H3,(H2,15,16). The lowest BCUT2D eigenvalue weighted by molar-refractivity contribution is 0.0633. The molecule has 2 N–H and O–H groups in total. The smallest absolute Gasteiger partial charge is 0.257 e. The van der Waals surface area contributed by atoms with Crippen LogP contribution in [-0.4, -0.2) is 53.4 Å². The number of nitrogens with two attached hydrogens (primary N) is 1. The van der Waals surface area contributed by atoms with Gasteiger partial charge in [-0.1, -0.05) is 6.92 Å². The van der Waals surface area contributed by atoms with Gasteiger partial charge in [0.25, 0.3) is 5.91 Å². The fourth-order valence-electron chi connectivity index (χ4n) is 2.29. The van der Waals surface area contributed by atoms with E-state index in [-0.39, 0.29) is 17.3 Å². The average Bonchev–Trinajstić information content (AvgIpc) is 2.42. The molecule has 0 unspecified atom stereocenters. The van der Waals surface area contributed by atoms with Gasteiger partial charge in [-0.15, -0.1) is 0 Å². The zero-order valence-corrected chi connectivity index (χ0v) is 11.1. The number of pyridine rings is 1. The van der Waals surface area contributed by atoms with Crippen LogP contribution in [-0.2, 0) is 0 Å². The predicted octanol–water partition coefficient (Wildman–Crippen LogP) is 0.971. The average molecular weight is 266 g/mol. The summed E-state index contributed by atoms with van der Waals surface area (Å²) in [5.41, 5.74) is 5.40. The van der Waals surface area contributed by atoms with Gasteiger partial charge < -0.3 is 10.6 Å². The molecule has 2 rings (SSSR count). The van der Waals surface area contributed by atoms with Gasteiger partial charge in [0.2, 0.25) is 0 Å². The van der Waals surface area contributed by atoms with E-state index in [1.165, 1.54) is 12.3 Å². The van der Waals surface area contributed by atoms with Crippen LogP contribution in [0.1, 0.15) is 23.7 Å². The molecule has 0 atom stereocenters. The number of hydrogen-bond acceptors (Lipinski definition) is 4. The highest BCUT2D eigenvalue weighted by molar-refractivity contribution is 5.95. The Kier molecular flexibility index (Phi) is 4.31. The second kappa shape index (κ2) is 5.97. The number of carbonyl (C=O) groups excluding carboxylic acids is 1. The van der Waals surface area contributed by atoms with E-state index in [4.69, 9.17) is 5.73 Å². The van der Waals surface area contributed by atoms with E-state index >= 15 is 0 Å². The molecule has 1 amide bonds. The fraction of sp³-hybridized carbons (Fsp3) is 0.538. The van der Waals surface area contributed by atoms with Gasteiger partial charge in [0.1, 0.15) is 0 Å². The van der Waals surface area contributed by atoms with Crippen molar-refractivity contribution < 1.29 is 9.18 Å². The highest BCUT2D eigenvalue weighted by Gasteiger charge is 2.24. The van der Waals surface area contributed by atoms with Crippen LogP contribution < -0.4 is 5.73 Å². The SMILES string of the molecule is CCCN1CCN(C(=O)c2ccnc(N)c2F)CC1. The van der Waals surface area contributed by atoms with Gasteiger partial charge in [-0.05, 0) is 19.0 Å². The van der Waals surface area contributed by atoms with Gasteiger partial charge in [-0.3, -0.25) is 9.69 Å². The van der Waals surface area contributed by atoms with E-state index in [0.29, 0.717) is 13.1 Å². The zero-order valence-electron chi connectivity index (χ0n) is 11.1. The van der Waals surface area contributed by atoms with Crippen molar-refractivity contribution in [2.45, 2.75) is 13.3 Å². The van der Waals surface area contributed by atoms with Crippen molar-refractivity contribution in [3.8, 4) is 0 Å². The summed E-state index contributed by atoms with van der Waals surface area (Å²) in [5.74, 6) is -1.25. The number of halogens is 1. The van der Waals surface area contributed by atoms with Crippen molar-refractivity contribution in [2.24, 2.45) is 0 Å². The summed E-state index contributed by atoms with van der Waals surface area (Å²) in [6, 6.07) is 1.38. The summed E-state index contributed by atoms with van der Waals surface area (Å²) in [6.07, 6.45) is 2.46. The number of piperazine rings is 1. The maximum absolute atomic E-state index is 13.8. The molecule has 5 nitrogen and oxygen atoms in total. The van der Waals surface area contributed by atoms with Crippen molar-refractivity contribution >= 4 is 11.7 Å². The van der Waals surface area contributed by atoms with Crippen LogP contribution in [0.5, 0.6) is 0 Å². The van der Waals surface area contributed by atoms with Crippen LogP contribution in [0.2, 0.25) is 0 Å². The number of hydrogen-bond donors (Lipinski definition) is 1. The monoisotopic (exact) mass is 266 g/mol. The maximum atomic E-state index is 13.8. The molecule has 6 heteroatoms. The summed E-state index contributed by atoms with van der Waals surface area (Å²) in [4.78, 5) is 19.8. The molecular weight excluding hydrogens is 247 g/mol. The number of nitrogen functional groups attached to an aromatic ring is 1. The van der Waals surface area contributed by atoms with Crippen LogP contribution in [0.3, 0.4) is 0 Å². The lowest BCUT2D eigenvalue weighted by Crippen LogP contribution is -2.48. The van der Waals surface area contributed by atoms with E-state index in [0.717, 1.165) is 26.1 Å². The molecule has 0 spiro atoms. The molecule has 0 saturated carbocycles. The van der Waals surface area contributed by atoms with Crippen molar-refractivity contribution in [1.29, 1.82) is 0 Å². The van der Waals surface area contributed by atoms with Crippen molar-refractivity contribution in [3.05, 3.63) is 23.6 Å². The molecular formula is C13H19FN4O. The first-order valence-corrected chi connectivity index (χ1v) is 6.55. The molecule has 0 bridgehead atoms. The highest BCUT2D eigenvalue weighted by Crippen LogP contribution is 2.15. The van der Waals surface area contributed by atoms with Crippen molar-refractivity contribution in [2.75, 3.05) is 38.5 Å². The van der Waals surface area contributed by atoms with Crippen LogP contribution in [0.15, 0.2) is 12.3 Å². The Labute approximate surface area is 112 Å². The van der Waals surface area contributed by atoms with Gasteiger partial charge >= 0.3 is 0 Å². The molecule has 1 fully saturated rings. The third-order valence-corrected chi connectivity index (χ3v) is 3.35. The zero-order chi connectivity index (χ0) is 13.8. The predicted molar refractivity (Wildman–Crippen MR) is 71.2 cm³/mol. The van der Waals surface area contributed by atoms with Gasteiger partial charge in [0.05, 0.1) is 5.56 Å². The number of amides is 1. The van der Waals surface area contributed by atoms with Gasteiger partial charge in [-0.25, -0.2) is 9.37 Å². The van der Waals surface area contributed by atoms with E-state index < -0.39 is 5.82 Å². The second-order valence-electron chi connectivity index (χ2n) is 4.69. The Bertz CT molecular complexity index is 458. The number of carbonyl (C=O) groups is 1. The van der Waals surface area contributed by atoms with Crippen LogP contribution in [0, 0.1) is 5.82 Å². The lowest BCUT2D eigenvalue weighted by Gasteiger charge is -2.34. The minimum Gasteiger partial charge on any atom is -0.381 e. The third kappa shape index (κ3) is 3.01. The molecule has 1 aliphatic rings. The Morgan fingerprint density at radius 1 is 1.42 bits per heavy atom. The lowest BCUT2D eigenvalue weighted by atomic mass is 10.2. The number of rotatable bonds is 3. The highest BCUT2D eigenvalue weighted by atomic mass is 19.1. The first kappa shape index (κ1) is 13.7. The van der Waals surface area contributed by atoms with E-state index in [1.54, 1.807) is 4.90 Å². The largest absolute Gasteiger partial charge is 0.381 e. The third-order valence-electron chi connectivity index (χ3n) is 3.35. The summed E-state index contributed by atoms with van der Waals surface area (Å²) in [6.45, 7) is 6.09. The summed E-state index contributed by atoms with van der Waals surface area (Å²) < 4.78 is 13.8. The topological polar surface area (TPSA) is 62.5 Å². The summed E-state index contributed by atoms with van der Waals surface area (Å²) >= 11 is 0. The molecule has 0 radical (unpaired) electrons. The molecule has 0 aliphatic carbocycles. The molecule has 1 aliphatic heterocycles. The van der Waals surface area contributed by atoms with Gasteiger partial charge in [0, 0.05) is 32.4 Å². The molecule has 0 aromatic carbocycles. The first-order valence-electron chi connectivity index (χ1n) is 6.55. The van der Waals surface area contributed by atoms with Crippen LogP contribution in [0.4, 0.5) is 10.2 Å². The van der Waals surface area contributed by atoms with Crippen molar-refractivity contribution in [3.63, 3.8) is 0 Å².